The predicted molar refractivity (Wildman–Crippen MR) is 106 cm³/mol. The van der Waals surface area contributed by atoms with Gasteiger partial charge in [0.2, 0.25) is 0 Å². The molecule has 0 unspecified atom stereocenters. The average molecular weight is 363 g/mol. The Morgan fingerprint density at radius 3 is 1.00 bits per heavy atom. The van der Waals surface area contributed by atoms with Gasteiger partial charge in [0.15, 0.2) is 0 Å². The number of hydrogen-bond acceptors (Lipinski definition) is 2. The average Bonchev–Trinajstić information content (AvgIpc) is 2.53. The number of aliphatic carboxylic acids is 2. The molecule has 0 aliphatic heterocycles. The van der Waals surface area contributed by atoms with Crippen LogP contribution in [0.25, 0.3) is 0 Å². The quantitative estimate of drug-likeness (QED) is 0.304. The van der Waals surface area contributed by atoms with Crippen LogP contribution in [0.4, 0.5) is 0 Å². The molecule has 0 saturated carbocycles. The summed E-state index contributed by atoms with van der Waals surface area (Å²) < 4.78 is 0. The van der Waals surface area contributed by atoms with E-state index in [-0.39, 0.29) is 0 Å². The number of unbranched alkanes of at least 4 members (excludes halogenated alkanes) is 4. The van der Waals surface area contributed by atoms with Gasteiger partial charge in [0.05, 0.1) is 24.6 Å². The lowest BCUT2D eigenvalue weighted by Crippen LogP contribution is -2.12. The second kappa shape index (κ2) is 17.2. The van der Waals surface area contributed by atoms with Gasteiger partial charge in [0, 0.05) is 7.26 Å². The lowest BCUT2D eigenvalue weighted by atomic mass is 10.4. The fourth-order valence-electron chi connectivity index (χ4n) is 2.77. The van der Waals surface area contributed by atoms with Crippen molar-refractivity contribution in [3.63, 3.8) is 0 Å². The fourth-order valence-corrected chi connectivity index (χ4v) is 8.06. The molecule has 0 spiro atoms. The molecule has 144 valence electrons. The molecule has 0 fully saturated rings. The molecule has 0 aliphatic rings. The summed E-state index contributed by atoms with van der Waals surface area (Å²) in [5, 5.41) is 15.4. The number of hydrogen-bond donors (Lipinski definition) is 2. The molecule has 0 radical (unpaired) electrons. The van der Waals surface area contributed by atoms with Gasteiger partial charge in [-0.2, -0.15) is 0 Å². The van der Waals surface area contributed by atoms with Gasteiger partial charge < -0.3 is 10.2 Å². The van der Waals surface area contributed by atoms with Crippen molar-refractivity contribution in [1.82, 2.24) is 0 Å². The molecule has 4 nitrogen and oxygen atoms in total. The zero-order valence-electron chi connectivity index (χ0n) is 16.4. The van der Waals surface area contributed by atoms with Crippen molar-refractivity contribution in [2.45, 2.75) is 85.5 Å². The van der Waals surface area contributed by atoms with Gasteiger partial charge in [-0.1, -0.05) is 53.4 Å². The summed E-state index contributed by atoms with van der Waals surface area (Å²) >= 11 is 0. The maximum absolute atomic E-state index is 9.43. The molecule has 0 saturated heterocycles. The molecule has 0 aromatic heterocycles. The highest BCUT2D eigenvalue weighted by Gasteiger charge is 2.34. The van der Waals surface area contributed by atoms with Gasteiger partial charge in [-0.15, -0.1) is 0 Å². The molecular weight excluding hydrogens is 323 g/mol. The lowest BCUT2D eigenvalue weighted by molar-refractivity contribution is -0.147. The Kier molecular flexibility index (Phi) is 18.4. The van der Waals surface area contributed by atoms with Crippen molar-refractivity contribution in [2.75, 3.05) is 24.6 Å². The van der Waals surface area contributed by atoms with Crippen LogP contribution in [0.1, 0.15) is 85.5 Å². The van der Waals surface area contributed by atoms with Gasteiger partial charge in [-0.05, 0) is 25.7 Å². The van der Waals surface area contributed by atoms with E-state index >= 15 is 0 Å². The molecule has 5 heteroatoms. The predicted octanol–water partition coefficient (Wildman–Crippen LogP) is 5.75. The molecule has 0 aliphatic carbocycles. The number of rotatable bonds is 14. The zero-order valence-corrected chi connectivity index (χ0v) is 17.2. The van der Waals surface area contributed by atoms with E-state index in [1.54, 1.807) is 24.6 Å². The first-order valence-electron chi connectivity index (χ1n) is 9.66. The van der Waals surface area contributed by atoms with E-state index in [0.717, 1.165) is 0 Å². The third-order valence-corrected chi connectivity index (χ3v) is 9.31. The Balaban J connectivity index is 0. The van der Waals surface area contributed by atoms with E-state index in [9.17, 15) is 9.59 Å². The first-order chi connectivity index (χ1) is 11.4. The number of carboxylic acid groups (broad SMARTS) is 2. The van der Waals surface area contributed by atoms with E-state index in [4.69, 9.17) is 10.2 Å². The normalized spacial score (nSPS) is 10.8. The third kappa shape index (κ3) is 16.2. The van der Waals surface area contributed by atoms with E-state index in [1.807, 2.05) is 0 Å². The number of carboxylic acids is 2. The fraction of sp³-hybridized carbons (Fsp3) is 0.895. The highest BCUT2D eigenvalue weighted by molar-refractivity contribution is 7.75. The monoisotopic (exact) mass is 363 g/mol. The summed E-state index contributed by atoms with van der Waals surface area (Å²) in [6.45, 7) is 9.42. The summed E-state index contributed by atoms with van der Waals surface area (Å²) in [5.74, 6) is -2.62. The minimum atomic E-state index is -1.31. The van der Waals surface area contributed by atoms with Crippen LogP contribution in [0.5, 0.6) is 0 Å². The van der Waals surface area contributed by atoms with Crippen LogP contribution in [0, 0.1) is 0 Å². The molecule has 0 rings (SSSR count). The van der Waals surface area contributed by atoms with Crippen LogP contribution in [0.2, 0.25) is 0 Å². The SMILES string of the molecule is CCCC[P+](CCCC)(CCCC)CCCC.O=C(O)CC(=O)O. The molecule has 2 N–H and O–H groups in total. The van der Waals surface area contributed by atoms with Crippen molar-refractivity contribution in [2.24, 2.45) is 0 Å². The maximum Gasteiger partial charge on any atom is 0.314 e. The van der Waals surface area contributed by atoms with Gasteiger partial charge in [-0.25, -0.2) is 0 Å². The largest absolute Gasteiger partial charge is 0.481 e. The summed E-state index contributed by atoms with van der Waals surface area (Å²) in [4.78, 5) is 18.9. The minimum Gasteiger partial charge on any atom is -0.481 e. The highest BCUT2D eigenvalue weighted by Crippen LogP contribution is 2.61. The number of carbonyl (C=O) groups is 2. The van der Waals surface area contributed by atoms with Crippen LogP contribution in [-0.2, 0) is 9.59 Å². The molecule has 0 aromatic carbocycles. The van der Waals surface area contributed by atoms with Gasteiger partial charge >= 0.3 is 11.9 Å². The summed E-state index contributed by atoms with van der Waals surface area (Å²) in [6.07, 6.45) is 17.1. The van der Waals surface area contributed by atoms with Crippen LogP contribution in [-0.4, -0.2) is 46.8 Å². The Morgan fingerprint density at radius 2 is 0.875 bits per heavy atom. The summed E-state index contributed by atoms with van der Waals surface area (Å²) in [6, 6.07) is 0. The van der Waals surface area contributed by atoms with Crippen molar-refractivity contribution in [1.29, 1.82) is 0 Å². The van der Waals surface area contributed by atoms with Gasteiger partial charge in [-0.3, -0.25) is 9.59 Å². The highest BCUT2D eigenvalue weighted by atomic mass is 31.2. The first kappa shape index (κ1) is 25.6. The molecule has 24 heavy (non-hydrogen) atoms. The summed E-state index contributed by atoms with van der Waals surface area (Å²) in [7, 11) is -0.562. The van der Waals surface area contributed by atoms with Crippen LogP contribution >= 0.6 is 7.26 Å². The lowest BCUT2D eigenvalue weighted by Gasteiger charge is -2.28. The topological polar surface area (TPSA) is 74.6 Å². The van der Waals surface area contributed by atoms with Crippen molar-refractivity contribution < 1.29 is 19.8 Å². The molecular formula is C19H40O4P+. The Bertz CT molecular complexity index is 269. The van der Waals surface area contributed by atoms with E-state index in [1.165, 1.54) is 51.4 Å². The Labute approximate surface area is 149 Å². The van der Waals surface area contributed by atoms with Gasteiger partial charge in [0.25, 0.3) is 0 Å². The third-order valence-electron chi connectivity index (χ3n) is 4.25. The van der Waals surface area contributed by atoms with Gasteiger partial charge in [0.1, 0.15) is 6.42 Å². The van der Waals surface area contributed by atoms with Crippen LogP contribution in [0.3, 0.4) is 0 Å². The second-order valence-corrected chi connectivity index (χ2v) is 11.1. The Morgan fingerprint density at radius 1 is 0.625 bits per heavy atom. The van der Waals surface area contributed by atoms with Crippen molar-refractivity contribution in [3.8, 4) is 0 Å². The van der Waals surface area contributed by atoms with E-state index in [0.29, 0.717) is 0 Å². The summed E-state index contributed by atoms with van der Waals surface area (Å²) in [5.41, 5.74) is 0. The van der Waals surface area contributed by atoms with E-state index in [2.05, 4.69) is 27.7 Å². The Hall–Kier alpha value is -0.630. The smallest absolute Gasteiger partial charge is 0.314 e. The standard InChI is InChI=1S/C16H36P.C3H4O4/c1-5-9-13-17(14-10-6-2,15-11-7-3)16-12-8-4;4-2(5)1-3(6)7/h5-16H2,1-4H3;1H2,(H,4,5)(H,6,7)/q+1;. The molecule has 0 bridgehead atoms. The first-order valence-corrected chi connectivity index (χ1v) is 12.2. The van der Waals surface area contributed by atoms with Crippen molar-refractivity contribution in [3.05, 3.63) is 0 Å². The molecule has 0 amide bonds. The van der Waals surface area contributed by atoms with E-state index < -0.39 is 25.6 Å². The van der Waals surface area contributed by atoms with Crippen LogP contribution in [0.15, 0.2) is 0 Å². The van der Waals surface area contributed by atoms with Crippen LogP contribution < -0.4 is 0 Å². The zero-order chi connectivity index (χ0) is 18.8. The molecule has 0 aromatic rings. The second-order valence-electron chi connectivity index (χ2n) is 6.61. The molecule has 0 atom stereocenters. The molecule has 0 heterocycles. The maximum atomic E-state index is 9.43. The van der Waals surface area contributed by atoms with Crippen molar-refractivity contribution >= 4 is 19.2 Å². The minimum absolute atomic E-state index is 0.562.